The molecule has 2 aromatic carbocycles. The number of nitrogens with zero attached hydrogens (tertiary/aromatic N) is 2. The molecule has 3 atom stereocenters. The van der Waals surface area contributed by atoms with Crippen LogP contribution in [0.25, 0.3) is 0 Å². The highest BCUT2D eigenvalue weighted by Crippen LogP contribution is 2.49. The van der Waals surface area contributed by atoms with E-state index in [1.807, 2.05) is 24.3 Å². The standard InChI is InChI=1S/C28H35N3O2/c1-21(32)29-28-19-30(2)25(22-11-5-3-6-12-22)24(28)15-18-31(20-28)26(33)27(16-9-10-17-27)23-13-7-4-8-14-23/h3-8,11-14,24-25H,9-10,15-20H2,1-2H3,(H,29,32)/t24-,25-,28+/m1/s1. The normalized spacial score (nSPS) is 29.0. The Bertz CT molecular complexity index is 1000. The number of carbonyl (C=O) groups is 2. The Kier molecular flexibility index (Phi) is 5.77. The van der Waals surface area contributed by atoms with E-state index >= 15 is 0 Å². The summed E-state index contributed by atoms with van der Waals surface area (Å²) in [6.45, 7) is 3.68. The van der Waals surface area contributed by atoms with Gasteiger partial charge < -0.3 is 10.2 Å². The molecule has 33 heavy (non-hydrogen) atoms. The Hall–Kier alpha value is -2.66. The number of piperidine rings is 1. The van der Waals surface area contributed by atoms with E-state index in [-0.39, 0.29) is 23.8 Å². The SMILES string of the molecule is CC(=O)N[C@@]12CN(C(=O)C3(c4ccccc4)CCCC3)CC[C@@H]1[C@@H](c1ccccc1)N(C)C2. The third-order valence-electron chi connectivity index (χ3n) is 8.33. The molecule has 3 aliphatic rings. The number of likely N-dealkylation sites (tertiary alicyclic amines) is 2. The van der Waals surface area contributed by atoms with Crippen molar-refractivity contribution in [2.75, 3.05) is 26.7 Å². The van der Waals surface area contributed by atoms with Crippen LogP contribution in [-0.2, 0) is 15.0 Å². The van der Waals surface area contributed by atoms with Gasteiger partial charge >= 0.3 is 0 Å². The number of fused-ring (bicyclic) bond motifs is 1. The fourth-order valence-corrected chi connectivity index (χ4v) is 7.08. The Labute approximate surface area is 197 Å². The highest BCUT2D eigenvalue weighted by atomic mass is 16.2. The predicted octanol–water partition coefficient (Wildman–Crippen LogP) is 3.91. The van der Waals surface area contributed by atoms with Crippen LogP contribution in [0, 0.1) is 5.92 Å². The van der Waals surface area contributed by atoms with Crippen molar-refractivity contribution in [1.82, 2.24) is 15.1 Å². The van der Waals surface area contributed by atoms with E-state index in [0.717, 1.165) is 50.8 Å². The van der Waals surface area contributed by atoms with Gasteiger partial charge in [0.2, 0.25) is 11.8 Å². The Morgan fingerprint density at radius 1 is 0.939 bits per heavy atom. The molecular weight excluding hydrogens is 410 g/mol. The van der Waals surface area contributed by atoms with Crippen LogP contribution in [0.15, 0.2) is 60.7 Å². The van der Waals surface area contributed by atoms with Crippen LogP contribution in [0.4, 0.5) is 0 Å². The quantitative estimate of drug-likeness (QED) is 0.776. The zero-order chi connectivity index (χ0) is 23.1. The van der Waals surface area contributed by atoms with Gasteiger partial charge in [-0.2, -0.15) is 0 Å². The fourth-order valence-electron chi connectivity index (χ4n) is 7.08. The first-order chi connectivity index (χ1) is 16.0. The minimum absolute atomic E-state index is 0.0185. The molecule has 0 unspecified atom stereocenters. The van der Waals surface area contributed by atoms with Gasteiger partial charge in [0, 0.05) is 38.5 Å². The van der Waals surface area contributed by atoms with Gasteiger partial charge in [-0.3, -0.25) is 14.5 Å². The molecule has 1 N–H and O–H groups in total. The molecule has 0 radical (unpaired) electrons. The van der Waals surface area contributed by atoms with E-state index in [2.05, 4.69) is 58.6 Å². The first kappa shape index (κ1) is 22.1. The molecule has 174 valence electrons. The lowest BCUT2D eigenvalue weighted by atomic mass is 9.73. The van der Waals surface area contributed by atoms with Crippen molar-refractivity contribution in [2.24, 2.45) is 5.92 Å². The molecule has 2 amide bonds. The van der Waals surface area contributed by atoms with Crippen molar-refractivity contribution in [3.63, 3.8) is 0 Å². The highest BCUT2D eigenvalue weighted by Gasteiger charge is 2.57. The van der Waals surface area contributed by atoms with Crippen molar-refractivity contribution >= 4 is 11.8 Å². The number of nitrogens with one attached hydrogen (secondary N) is 1. The molecule has 2 saturated heterocycles. The number of carbonyl (C=O) groups excluding carboxylic acids is 2. The van der Waals surface area contributed by atoms with Gasteiger partial charge in [0.05, 0.1) is 11.0 Å². The summed E-state index contributed by atoms with van der Waals surface area (Å²) in [4.78, 5) is 31.0. The van der Waals surface area contributed by atoms with Gasteiger partial charge in [0.25, 0.3) is 0 Å². The topological polar surface area (TPSA) is 52.7 Å². The van der Waals surface area contributed by atoms with E-state index in [4.69, 9.17) is 0 Å². The van der Waals surface area contributed by atoms with Gasteiger partial charge in [-0.05, 0) is 37.4 Å². The van der Waals surface area contributed by atoms with Crippen LogP contribution >= 0.6 is 0 Å². The number of amides is 2. The Morgan fingerprint density at radius 2 is 1.58 bits per heavy atom. The molecule has 2 aliphatic heterocycles. The summed E-state index contributed by atoms with van der Waals surface area (Å²) in [5.74, 6) is 0.504. The molecule has 0 aromatic heterocycles. The molecular formula is C28H35N3O2. The number of likely N-dealkylation sites (N-methyl/N-ethyl adjacent to an activating group) is 1. The second-order valence-electron chi connectivity index (χ2n) is 10.4. The third kappa shape index (κ3) is 3.76. The van der Waals surface area contributed by atoms with Crippen LogP contribution in [0.1, 0.15) is 56.2 Å². The Morgan fingerprint density at radius 3 is 2.21 bits per heavy atom. The molecule has 5 rings (SSSR count). The van der Waals surface area contributed by atoms with E-state index in [0.29, 0.717) is 6.54 Å². The average Bonchev–Trinajstić information content (AvgIpc) is 3.42. The van der Waals surface area contributed by atoms with E-state index in [1.54, 1.807) is 6.92 Å². The molecule has 0 spiro atoms. The summed E-state index contributed by atoms with van der Waals surface area (Å²) in [5.41, 5.74) is 1.59. The smallest absolute Gasteiger partial charge is 0.233 e. The van der Waals surface area contributed by atoms with Crippen LogP contribution in [0.2, 0.25) is 0 Å². The van der Waals surface area contributed by atoms with Gasteiger partial charge in [-0.1, -0.05) is 73.5 Å². The highest BCUT2D eigenvalue weighted by molar-refractivity contribution is 5.89. The van der Waals surface area contributed by atoms with Crippen molar-refractivity contribution < 1.29 is 9.59 Å². The maximum Gasteiger partial charge on any atom is 0.233 e. The molecule has 2 heterocycles. The van der Waals surface area contributed by atoms with Crippen LogP contribution in [0.3, 0.4) is 0 Å². The minimum Gasteiger partial charge on any atom is -0.347 e. The van der Waals surface area contributed by atoms with Crippen LogP contribution in [-0.4, -0.2) is 53.8 Å². The predicted molar refractivity (Wildman–Crippen MR) is 130 cm³/mol. The van der Waals surface area contributed by atoms with Gasteiger partial charge in [0.1, 0.15) is 0 Å². The maximum atomic E-state index is 14.2. The van der Waals surface area contributed by atoms with Gasteiger partial charge in [-0.15, -0.1) is 0 Å². The lowest BCUT2D eigenvalue weighted by molar-refractivity contribution is -0.142. The van der Waals surface area contributed by atoms with Crippen molar-refractivity contribution in [3.05, 3.63) is 71.8 Å². The van der Waals surface area contributed by atoms with E-state index in [1.165, 1.54) is 5.56 Å². The first-order valence-corrected chi connectivity index (χ1v) is 12.3. The Balaban J connectivity index is 1.47. The third-order valence-corrected chi connectivity index (χ3v) is 8.33. The van der Waals surface area contributed by atoms with Gasteiger partial charge in [-0.25, -0.2) is 0 Å². The van der Waals surface area contributed by atoms with Crippen LogP contribution in [0.5, 0.6) is 0 Å². The average molecular weight is 446 g/mol. The second kappa shape index (κ2) is 8.60. The molecule has 2 aromatic rings. The molecule has 1 saturated carbocycles. The zero-order valence-corrected chi connectivity index (χ0v) is 19.8. The zero-order valence-electron chi connectivity index (χ0n) is 19.8. The number of hydrogen-bond donors (Lipinski definition) is 1. The fraction of sp³-hybridized carbons (Fsp3) is 0.500. The van der Waals surface area contributed by atoms with Gasteiger partial charge in [0.15, 0.2) is 0 Å². The van der Waals surface area contributed by atoms with E-state index < -0.39 is 11.0 Å². The summed E-state index contributed by atoms with van der Waals surface area (Å²) in [7, 11) is 2.15. The molecule has 5 heteroatoms. The summed E-state index contributed by atoms with van der Waals surface area (Å²) in [6.07, 6.45) is 4.89. The minimum atomic E-state index is -0.425. The van der Waals surface area contributed by atoms with Crippen molar-refractivity contribution in [2.45, 2.75) is 56.0 Å². The second-order valence-corrected chi connectivity index (χ2v) is 10.4. The molecule has 0 bridgehead atoms. The lowest BCUT2D eigenvalue weighted by Gasteiger charge is -2.48. The molecule has 1 aliphatic carbocycles. The summed E-state index contributed by atoms with van der Waals surface area (Å²) >= 11 is 0. The summed E-state index contributed by atoms with van der Waals surface area (Å²) in [6, 6.07) is 21.2. The summed E-state index contributed by atoms with van der Waals surface area (Å²) in [5, 5.41) is 3.34. The molecule has 5 nitrogen and oxygen atoms in total. The first-order valence-electron chi connectivity index (χ1n) is 12.3. The van der Waals surface area contributed by atoms with Crippen molar-refractivity contribution in [1.29, 1.82) is 0 Å². The molecule has 3 fully saturated rings. The summed E-state index contributed by atoms with van der Waals surface area (Å²) < 4.78 is 0. The number of rotatable bonds is 4. The lowest BCUT2D eigenvalue weighted by Crippen LogP contribution is -2.65. The van der Waals surface area contributed by atoms with E-state index in [9.17, 15) is 9.59 Å². The largest absolute Gasteiger partial charge is 0.347 e. The van der Waals surface area contributed by atoms with Crippen LogP contribution < -0.4 is 5.32 Å². The monoisotopic (exact) mass is 445 g/mol. The van der Waals surface area contributed by atoms with Crippen molar-refractivity contribution in [3.8, 4) is 0 Å². The number of benzene rings is 2. The number of hydrogen-bond acceptors (Lipinski definition) is 3. The maximum absolute atomic E-state index is 14.2.